The zero-order valence-electron chi connectivity index (χ0n) is 11.6. The number of piperidine rings is 1. The lowest BCUT2D eigenvalue weighted by molar-refractivity contribution is 0.260. The minimum Gasteiger partial charge on any atom is -0.316 e. The van der Waals surface area contributed by atoms with Gasteiger partial charge in [-0.1, -0.05) is 6.92 Å². The summed E-state index contributed by atoms with van der Waals surface area (Å²) in [4.78, 5) is 0. The van der Waals surface area contributed by atoms with Crippen LogP contribution in [-0.2, 0) is 10.0 Å². The highest BCUT2D eigenvalue weighted by molar-refractivity contribution is 9.10. The van der Waals surface area contributed by atoms with Gasteiger partial charge in [0.15, 0.2) is 0 Å². The minimum absolute atomic E-state index is 0.420. The van der Waals surface area contributed by atoms with E-state index in [1.54, 1.807) is 15.8 Å². The van der Waals surface area contributed by atoms with Gasteiger partial charge in [0.1, 0.15) is 4.21 Å². The maximum Gasteiger partial charge on any atom is 0.253 e. The molecule has 0 bridgehead atoms. The molecule has 1 saturated heterocycles. The number of nitrogens with zero attached hydrogens (tertiary/aromatic N) is 1. The van der Waals surface area contributed by atoms with E-state index >= 15 is 0 Å². The summed E-state index contributed by atoms with van der Waals surface area (Å²) in [6, 6.07) is 1.79. The molecule has 4 nitrogen and oxygen atoms in total. The summed E-state index contributed by atoms with van der Waals surface area (Å²) >= 11 is 4.61. The van der Waals surface area contributed by atoms with Crippen LogP contribution in [0.15, 0.2) is 20.1 Å². The van der Waals surface area contributed by atoms with Gasteiger partial charge in [-0.2, -0.15) is 4.31 Å². The SMILES string of the molecule is CCCNCC1CCCN(S(=O)(=O)c2sccc2Br)C1. The number of hydrogen-bond donors (Lipinski definition) is 1. The molecule has 1 atom stereocenters. The Bertz CT molecular complexity index is 530. The molecule has 2 rings (SSSR count). The van der Waals surface area contributed by atoms with Crippen LogP contribution in [0.5, 0.6) is 0 Å². The summed E-state index contributed by atoms with van der Waals surface area (Å²) in [5.74, 6) is 0.420. The highest BCUT2D eigenvalue weighted by Gasteiger charge is 2.32. The van der Waals surface area contributed by atoms with Crippen LogP contribution in [0, 0.1) is 5.92 Å². The van der Waals surface area contributed by atoms with Gasteiger partial charge in [-0.3, -0.25) is 0 Å². The number of thiophene rings is 1. The Morgan fingerprint density at radius 1 is 1.55 bits per heavy atom. The summed E-state index contributed by atoms with van der Waals surface area (Å²) in [5, 5.41) is 5.20. The van der Waals surface area contributed by atoms with Gasteiger partial charge in [0.25, 0.3) is 10.0 Å². The van der Waals surface area contributed by atoms with Crippen molar-refractivity contribution in [2.75, 3.05) is 26.2 Å². The molecule has 0 aliphatic carbocycles. The lowest BCUT2D eigenvalue weighted by Gasteiger charge is -2.31. The molecule has 0 aromatic carbocycles. The fourth-order valence-corrected chi connectivity index (χ4v) is 6.48. The summed E-state index contributed by atoms with van der Waals surface area (Å²) in [6.45, 7) is 5.31. The van der Waals surface area contributed by atoms with Gasteiger partial charge in [0.05, 0.1) is 0 Å². The van der Waals surface area contributed by atoms with E-state index in [0.717, 1.165) is 32.4 Å². The molecular weight excluding hydrogens is 360 g/mol. The van der Waals surface area contributed by atoms with Crippen LogP contribution < -0.4 is 5.32 Å². The molecule has 0 radical (unpaired) electrons. The molecular formula is C13H21BrN2O2S2. The number of hydrogen-bond acceptors (Lipinski definition) is 4. The number of sulfonamides is 1. The molecule has 20 heavy (non-hydrogen) atoms. The van der Waals surface area contributed by atoms with Crippen molar-refractivity contribution in [3.8, 4) is 0 Å². The monoisotopic (exact) mass is 380 g/mol. The highest BCUT2D eigenvalue weighted by atomic mass is 79.9. The second-order valence-electron chi connectivity index (χ2n) is 5.13. The van der Waals surface area contributed by atoms with Crippen molar-refractivity contribution in [1.29, 1.82) is 0 Å². The van der Waals surface area contributed by atoms with Crippen molar-refractivity contribution in [1.82, 2.24) is 9.62 Å². The predicted molar refractivity (Wildman–Crippen MR) is 86.7 cm³/mol. The first kappa shape index (κ1) is 16.4. The third-order valence-corrected chi connectivity index (χ3v) is 8.01. The Kier molecular flexibility index (Phi) is 6.04. The molecule has 2 heterocycles. The van der Waals surface area contributed by atoms with Crippen LogP contribution in [-0.4, -0.2) is 38.9 Å². The fraction of sp³-hybridized carbons (Fsp3) is 0.692. The van der Waals surface area contributed by atoms with E-state index < -0.39 is 10.0 Å². The second-order valence-corrected chi connectivity index (χ2v) is 9.04. The zero-order valence-corrected chi connectivity index (χ0v) is 14.9. The molecule has 0 saturated carbocycles. The lowest BCUT2D eigenvalue weighted by Crippen LogP contribution is -2.42. The van der Waals surface area contributed by atoms with E-state index in [0.29, 0.717) is 27.7 Å². The smallest absolute Gasteiger partial charge is 0.253 e. The van der Waals surface area contributed by atoms with Crippen LogP contribution in [0.2, 0.25) is 0 Å². The van der Waals surface area contributed by atoms with Crippen LogP contribution in [0.4, 0.5) is 0 Å². The predicted octanol–water partition coefficient (Wildman–Crippen LogP) is 2.91. The quantitative estimate of drug-likeness (QED) is 0.771. The summed E-state index contributed by atoms with van der Waals surface area (Å²) in [5.41, 5.74) is 0. The average Bonchev–Trinajstić information content (AvgIpc) is 2.86. The van der Waals surface area contributed by atoms with Gasteiger partial charge < -0.3 is 5.32 Å². The first-order chi connectivity index (χ1) is 9.55. The van der Waals surface area contributed by atoms with Gasteiger partial charge in [-0.15, -0.1) is 11.3 Å². The van der Waals surface area contributed by atoms with E-state index in [1.807, 2.05) is 0 Å². The molecule has 0 amide bonds. The summed E-state index contributed by atoms with van der Waals surface area (Å²) in [7, 11) is -3.34. The molecule has 1 aliphatic heterocycles. The van der Waals surface area contributed by atoms with Crippen molar-refractivity contribution in [2.24, 2.45) is 5.92 Å². The summed E-state index contributed by atoms with van der Waals surface area (Å²) < 4.78 is 28.0. The van der Waals surface area contributed by atoms with Crippen LogP contribution in [0.25, 0.3) is 0 Å². The minimum atomic E-state index is -3.34. The van der Waals surface area contributed by atoms with E-state index in [1.165, 1.54) is 11.3 Å². The Labute approximate surface area is 133 Å². The Morgan fingerprint density at radius 2 is 2.35 bits per heavy atom. The van der Waals surface area contributed by atoms with Crippen molar-refractivity contribution < 1.29 is 8.42 Å². The first-order valence-corrected chi connectivity index (χ1v) is 10.1. The number of rotatable bonds is 6. The number of halogens is 1. The molecule has 1 unspecified atom stereocenters. The third-order valence-electron chi connectivity index (χ3n) is 3.50. The molecule has 1 aromatic rings. The zero-order chi connectivity index (χ0) is 14.6. The molecule has 1 fully saturated rings. The largest absolute Gasteiger partial charge is 0.316 e. The van der Waals surface area contributed by atoms with Crippen LogP contribution >= 0.6 is 27.3 Å². The first-order valence-electron chi connectivity index (χ1n) is 6.99. The van der Waals surface area contributed by atoms with Crippen molar-refractivity contribution in [3.05, 3.63) is 15.9 Å². The molecule has 1 N–H and O–H groups in total. The standard InChI is InChI=1S/C13H21BrN2O2S2/c1-2-6-15-9-11-4-3-7-16(10-11)20(17,18)13-12(14)5-8-19-13/h5,8,11,15H,2-4,6-7,9-10H2,1H3. The van der Waals surface area contributed by atoms with Gasteiger partial charge in [0, 0.05) is 17.6 Å². The van der Waals surface area contributed by atoms with Gasteiger partial charge in [-0.25, -0.2) is 8.42 Å². The van der Waals surface area contributed by atoms with Gasteiger partial charge >= 0.3 is 0 Å². The van der Waals surface area contributed by atoms with Crippen molar-refractivity contribution >= 4 is 37.3 Å². The molecule has 0 spiro atoms. The van der Waals surface area contributed by atoms with E-state index in [4.69, 9.17) is 0 Å². The number of nitrogens with one attached hydrogen (secondary N) is 1. The summed E-state index contributed by atoms with van der Waals surface area (Å²) in [6.07, 6.45) is 3.16. The Morgan fingerprint density at radius 3 is 3.00 bits per heavy atom. The fourth-order valence-electron chi connectivity index (χ4n) is 2.48. The van der Waals surface area contributed by atoms with Crippen LogP contribution in [0.3, 0.4) is 0 Å². The van der Waals surface area contributed by atoms with Crippen LogP contribution in [0.1, 0.15) is 26.2 Å². The normalized spacial score (nSPS) is 21.2. The van der Waals surface area contributed by atoms with Gasteiger partial charge in [-0.05, 0) is 65.6 Å². The maximum absolute atomic E-state index is 12.6. The maximum atomic E-state index is 12.6. The lowest BCUT2D eigenvalue weighted by atomic mass is 10.00. The third kappa shape index (κ3) is 3.82. The topological polar surface area (TPSA) is 49.4 Å². The van der Waals surface area contributed by atoms with E-state index in [9.17, 15) is 8.42 Å². The average molecular weight is 381 g/mol. The van der Waals surface area contributed by atoms with Crippen molar-refractivity contribution in [3.63, 3.8) is 0 Å². The van der Waals surface area contributed by atoms with Gasteiger partial charge in [0.2, 0.25) is 0 Å². The second kappa shape index (κ2) is 7.35. The molecule has 1 aromatic heterocycles. The Balaban J connectivity index is 2.03. The highest BCUT2D eigenvalue weighted by Crippen LogP contribution is 2.32. The van der Waals surface area contributed by atoms with E-state index in [2.05, 4.69) is 28.2 Å². The Hall–Kier alpha value is 0.0500. The molecule has 1 aliphatic rings. The van der Waals surface area contributed by atoms with E-state index in [-0.39, 0.29) is 0 Å². The van der Waals surface area contributed by atoms with Crippen molar-refractivity contribution in [2.45, 2.75) is 30.4 Å². The molecule has 114 valence electrons. The molecule has 7 heteroatoms.